The number of hydrogen-bond acceptors (Lipinski definition) is 6. The monoisotopic (exact) mass is 524 g/mol. The van der Waals surface area contributed by atoms with Gasteiger partial charge in [0.25, 0.3) is 0 Å². The Balaban J connectivity index is 1.58. The van der Waals surface area contributed by atoms with Gasteiger partial charge in [0.2, 0.25) is 5.91 Å². The van der Waals surface area contributed by atoms with E-state index in [4.69, 9.17) is 30.5 Å². The average molecular weight is 525 g/mol. The Morgan fingerprint density at radius 1 is 0.811 bits per heavy atom. The largest absolute Gasteiger partial charge is 0.493 e. The summed E-state index contributed by atoms with van der Waals surface area (Å²) < 4.78 is 22.0. The number of benzene rings is 3. The van der Waals surface area contributed by atoms with Crippen molar-refractivity contribution in [1.82, 2.24) is 4.90 Å². The zero-order valence-electron chi connectivity index (χ0n) is 22.0. The lowest BCUT2D eigenvalue weighted by Gasteiger charge is -2.37. The van der Waals surface area contributed by atoms with E-state index in [9.17, 15) is 4.79 Å². The van der Waals surface area contributed by atoms with Gasteiger partial charge in [-0.1, -0.05) is 23.7 Å². The Bertz CT molecular complexity index is 1270. The molecular weight excluding hydrogens is 492 g/mol. The molecule has 0 atom stereocenters. The van der Waals surface area contributed by atoms with Crippen molar-refractivity contribution >= 4 is 23.2 Å². The number of piperazine rings is 1. The summed E-state index contributed by atoms with van der Waals surface area (Å²) in [5, 5.41) is 0.757. The van der Waals surface area contributed by atoms with Gasteiger partial charge >= 0.3 is 0 Å². The van der Waals surface area contributed by atoms with Gasteiger partial charge in [-0.2, -0.15) is 0 Å². The van der Waals surface area contributed by atoms with Crippen LogP contribution in [0.25, 0.3) is 11.1 Å². The quantitative estimate of drug-likeness (QED) is 0.401. The predicted molar refractivity (Wildman–Crippen MR) is 147 cm³/mol. The molecule has 8 heteroatoms. The smallest absolute Gasteiger partial charge is 0.227 e. The van der Waals surface area contributed by atoms with Crippen LogP contribution in [0.5, 0.6) is 23.0 Å². The first-order chi connectivity index (χ1) is 17.9. The molecule has 3 aromatic rings. The van der Waals surface area contributed by atoms with Gasteiger partial charge in [0.1, 0.15) is 0 Å². The highest BCUT2D eigenvalue weighted by atomic mass is 35.5. The maximum atomic E-state index is 13.5. The number of methoxy groups -OCH3 is 4. The number of carbonyl (C=O) groups is 1. The molecule has 0 aromatic heterocycles. The molecule has 4 rings (SSSR count). The van der Waals surface area contributed by atoms with E-state index in [2.05, 4.69) is 11.0 Å². The van der Waals surface area contributed by atoms with Crippen LogP contribution in [0.1, 0.15) is 11.1 Å². The fourth-order valence-electron chi connectivity index (χ4n) is 4.75. The molecule has 1 fully saturated rings. The van der Waals surface area contributed by atoms with Crippen LogP contribution in [0.3, 0.4) is 0 Å². The maximum absolute atomic E-state index is 13.5. The first-order valence-corrected chi connectivity index (χ1v) is 12.5. The first-order valence-electron chi connectivity index (χ1n) is 12.1. The number of nitrogens with zero attached hydrogens (tertiary/aromatic N) is 2. The molecule has 0 saturated carbocycles. The second-order valence-electron chi connectivity index (χ2n) is 8.86. The highest BCUT2D eigenvalue weighted by Gasteiger charge is 2.24. The van der Waals surface area contributed by atoms with Crippen LogP contribution in [0, 0.1) is 6.92 Å². The second kappa shape index (κ2) is 11.6. The van der Waals surface area contributed by atoms with Crippen molar-refractivity contribution in [1.29, 1.82) is 0 Å². The summed E-state index contributed by atoms with van der Waals surface area (Å²) in [5.74, 6) is 2.48. The predicted octanol–water partition coefficient (Wildman–Crippen LogP) is 5.24. The van der Waals surface area contributed by atoms with E-state index < -0.39 is 0 Å². The van der Waals surface area contributed by atoms with Gasteiger partial charge < -0.3 is 28.7 Å². The number of halogens is 1. The summed E-state index contributed by atoms with van der Waals surface area (Å²) in [5.41, 5.74) is 4.80. The topological polar surface area (TPSA) is 60.5 Å². The zero-order valence-corrected chi connectivity index (χ0v) is 22.7. The first kappa shape index (κ1) is 26.5. The molecule has 0 aliphatic carbocycles. The van der Waals surface area contributed by atoms with Crippen molar-refractivity contribution in [3.8, 4) is 34.1 Å². The Kier molecular flexibility index (Phi) is 8.34. The highest BCUT2D eigenvalue weighted by molar-refractivity contribution is 6.31. The minimum Gasteiger partial charge on any atom is -0.493 e. The number of anilines is 1. The Morgan fingerprint density at radius 2 is 1.43 bits per heavy atom. The van der Waals surface area contributed by atoms with E-state index in [-0.39, 0.29) is 12.3 Å². The molecule has 0 unspecified atom stereocenters. The van der Waals surface area contributed by atoms with Crippen LogP contribution in [-0.2, 0) is 11.2 Å². The van der Waals surface area contributed by atoms with Crippen molar-refractivity contribution in [2.75, 3.05) is 59.5 Å². The average Bonchev–Trinajstić information content (AvgIpc) is 2.93. The van der Waals surface area contributed by atoms with Crippen LogP contribution in [0.2, 0.25) is 5.02 Å². The van der Waals surface area contributed by atoms with Crippen LogP contribution in [0.4, 0.5) is 5.69 Å². The van der Waals surface area contributed by atoms with E-state index in [0.29, 0.717) is 36.1 Å². The summed E-state index contributed by atoms with van der Waals surface area (Å²) >= 11 is 6.32. The summed E-state index contributed by atoms with van der Waals surface area (Å²) in [6, 6.07) is 15.4. The minimum absolute atomic E-state index is 0.0661. The molecule has 37 heavy (non-hydrogen) atoms. The fourth-order valence-corrected chi connectivity index (χ4v) is 4.92. The summed E-state index contributed by atoms with van der Waals surface area (Å²) in [6.45, 7) is 4.82. The van der Waals surface area contributed by atoms with Gasteiger partial charge in [0, 0.05) is 36.9 Å². The standard InChI is InChI=1S/C29H33ClN2O5/c1-19-23(30)7-6-8-24(19)31-11-13-32(14-12-31)29(33)17-21-16-27(36-4)28(37-5)18-22(21)20-9-10-25(34-2)26(15-20)35-3/h6-10,15-16,18H,11-14,17H2,1-5H3. The fraction of sp³-hybridized carbons (Fsp3) is 0.345. The number of hydrogen-bond donors (Lipinski definition) is 0. The zero-order chi connectivity index (χ0) is 26.5. The Hall–Kier alpha value is -3.58. The number of ether oxygens (including phenoxy) is 4. The van der Waals surface area contributed by atoms with Gasteiger partial charge in [0.15, 0.2) is 23.0 Å². The third-order valence-electron chi connectivity index (χ3n) is 6.86. The van der Waals surface area contributed by atoms with Crippen molar-refractivity contribution in [2.24, 2.45) is 0 Å². The minimum atomic E-state index is 0.0661. The van der Waals surface area contributed by atoms with Crippen LogP contribution in [0.15, 0.2) is 48.5 Å². The van der Waals surface area contributed by atoms with Crippen LogP contribution < -0.4 is 23.8 Å². The molecular formula is C29H33ClN2O5. The molecule has 1 aliphatic heterocycles. The van der Waals surface area contributed by atoms with Crippen molar-refractivity contribution in [2.45, 2.75) is 13.3 Å². The summed E-state index contributed by atoms with van der Waals surface area (Å²) in [6.07, 6.45) is 0.236. The van der Waals surface area contributed by atoms with Crippen molar-refractivity contribution in [3.05, 3.63) is 64.7 Å². The molecule has 196 valence electrons. The van der Waals surface area contributed by atoms with E-state index in [0.717, 1.165) is 46.1 Å². The van der Waals surface area contributed by atoms with Crippen LogP contribution in [-0.4, -0.2) is 65.4 Å². The lowest BCUT2D eigenvalue weighted by atomic mass is 9.95. The molecule has 0 bridgehead atoms. The number of carbonyl (C=O) groups excluding carboxylic acids is 1. The summed E-state index contributed by atoms with van der Waals surface area (Å²) in [7, 11) is 6.40. The molecule has 1 saturated heterocycles. The maximum Gasteiger partial charge on any atom is 0.227 e. The normalized spacial score (nSPS) is 13.4. The number of rotatable bonds is 8. The third-order valence-corrected chi connectivity index (χ3v) is 7.27. The van der Waals surface area contributed by atoms with Crippen molar-refractivity contribution in [3.63, 3.8) is 0 Å². The molecule has 3 aromatic carbocycles. The Labute approximate surface area is 223 Å². The second-order valence-corrected chi connectivity index (χ2v) is 9.27. The number of amides is 1. The van der Waals surface area contributed by atoms with Gasteiger partial charge in [-0.15, -0.1) is 0 Å². The molecule has 0 spiro atoms. The lowest BCUT2D eigenvalue weighted by Crippen LogP contribution is -2.49. The molecule has 1 amide bonds. The highest BCUT2D eigenvalue weighted by Crippen LogP contribution is 2.39. The Morgan fingerprint density at radius 3 is 2.08 bits per heavy atom. The SMILES string of the molecule is COc1ccc(-c2cc(OC)c(OC)cc2CC(=O)N2CCN(c3cccc(Cl)c3C)CC2)cc1OC. The van der Waals surface area contributed by atoms with Crippen molar-refractivity contribution < 1.29 is 23.7 Å². The molecule has 7 nitrogen and oxygen atoms in total. The molecule has 0 N–H and O–H groups in total. The lowest BCUT2D eigenvalue weighted by molar-refractivity contribution is -0.130. The van der Waals surface area contributed by atoms with Gasteiger partial charge in [-0.25, -0.2) is 0 Å². The van der Waals surface area contributed by atoms with Gasteiger partial charge in [-0.05, 0) is 65.6 Å². The van der Waals surface area contributed by atoms with E-state index in [1.165, 1.54) is 0 Å². The van der Waals surface area contributed by atoms with Gasteiger partial charge in [-0.3, -0.25) is 4.79 Å². The molecule has 0 radical (unpaired) electrons. The summed E-state index contributed by atoms with van der Waals surface area (Å²) in [4.78, 5) is 17.7. The van der Waals surface area contributed by atoms with Gasteiger partial charge in [0.05, 0.1) is 34.9 Å². The third kappa shape index (κ3) is 5.57. The molecule has 1 heterocycles. The molecule has 1 aliphatic rings. The van der Waals surface area contributed by atoms with E-state index in [1.54, 1.807) is 28.4 Å². The van der Waals surface area contributed by atoms with Crippen LogP contribution >= 0.6 is 11.6 Å². The van der Waals surface area contributed by atoms with E-state index >= 15 is 0 Å². The van der Waals surface area contributed by atoms with E-state index in [1.807, 2.05) is 54.3 Å².